The van der Waals surface area contributed by atoms with Crippen LogP contribution in [-0.2, 0) is 13.0 Å². The third-order valence-electron chi connectivity index (χ3n) is 2.20. The Hall–Kier alpha value is -1.39. The van der Waals surface area contributed by atoms with Crippen molar-refractivity contribution < 1.29 is 0 Å². The molecule has 1 aromatic heterocycles. The van der Waals surface area contributed by atoms with Gasteiger partial charge in [0.15, 0.2) is 0 Å². The van der Waals surface area contributed by atoms with E-state index in [4.69, 9.17) is 5.73 Å². The summed E-state index contributed by atoms with van der Waals surface area (Å²) in [6.07, 6.45) is 0.871. The number of hydrogen-bond donors (Lipinski definition) is 2. The first-order chi connectivity index (χ1) is 7.88. The molecule has 0 aliphatic carbocycles. The van der Waals surface area contributed by atoms with Crippen molar-refractivity contribution >= 4 is 17.0 Å². The van der Waals surface area contributed by atoms with E-state index in [1.807, 2.05) is 30.3 Å². The van der Waals surface area contributed by atoms with Gasteiger partial charge in [0.1, 0.15) is 0 Å². The van der Waals surface area contributed by atoms with Crippen LogP contribution in [0.1, 0.15) is 10.7 Å². The fourth-order valence-corrected chi connectivity index (χ4v) is 2.23. The zero-order valence-corrected chi connectivity index (χ0v) is 9.83. The maximum atomic E-state index is 5.49. The first-order valence-electron chi connectivity index (χ1n) is 5.31. The van der Waals surface area contributed by atoms with E-state index in [9.17, 15) is 0 Å². The van der Waals surface area contributed by atoms with Gasteiger partial charge in [0, 0.05) is 17.5 Å². The van der Waals surface area contributed by atoms with Crippen molar-refractivity contribution in [2.75, 3.05) is 11.9 Å². The van der Waals surface area contributed by atoms with Crippen LogP contribution >= 0.6 is 11.3 Å². The quantitative estimate of drug-likeness (QED) is 0.833. The Kier molecular flexibility index (Phi) is 3.91. The number of nitrogens with two attached hydrogens (primary N) is 1. The van der Waals surface area contributed by atoms with Gasteiger partial charge in [-0.2, -0.15) is 0 Å². The lowest BCUT2D eigenvalue weighted by atomic mass is 10.3. The van der Waals surface area contributed by atoms with Gasteiger partial charge in [-0.25, -0.2) is 4.98 Å². The predicted octanol–water partition coefficient (Wildman–Crippen LogP) is 2.26. The zero-order chi connectivity index (χ0) is 11.2. The minimum absolute atomic E-state index is 0.666. The molecule has 0 spiro atoms. The van der Waals surface area contributed by atoms with Crippen molar-refractivity contribution in [1.82, 2.24) is 4.98 Å². The van der Waals surface area contributed by atoms with Crippen LogP contribution in [0.15, 0.2) is 35.7 Å². The van der Waals surface area contributed by atoms with Gasteiger partial charge < -0.3 is 11.1 Å². The highest BCUT2D eigenvalue weighted by Crippen LogP contribution is 2.12. The summed E-state index contributed by atoms with van der Waals surface area (Å²) in [7, 11) is 0. The average molecular weight is 233 g/mol. The summed E-state index contributed by atoms with van der Waals surface area (Å²) in [5, 5.41) is 6.53. The molecule has 84 valence electrons. The Morgan fingerprint density at radius 1 is 1.25 bits per heavy atom. The standard InChI is InChI=1S/C12H15N3S/c13-7-6-12-15-11(9-16-12)8-14-10-4-2-1-3-5-10/h1-5,9,14H,6-8,13H2. The van der Waals surface area contributed by atoms with Gasteiger partial charge in [0.25, 0.3) is 0 Å². The van der Waals surface area contributed by atoms with E-state index in [2.05, 4.69) is 15.7 Å². The van der Waals surface area contributed by atoms with Gasteiger partial charge in [-0.1, -0.05) is 18.2 Å². The molecule has 3 nitrogen and oxygen atoms in total. The van der Waals surface area contributed by atoms with Crippen LogP contribution in [-0.4, -0.2) is 11.5 Å². The lowest BCUT2D eigenvalue weighted by Crippen LogP contribution is -2.03. The normalized spacial score (nSPS) is 10.3. The fourth-order valence-electron chi connectivity index (χ4n) is 1.42. The molecule has 2 aromatic rings. The number of nitrogens with one attached hydrogen (secondary N) is 1. The third-order valence-corrected chi connectivity index (χ3v) is 3.16. The summed E-state index contributed by atoms with van der Waals surface area (Å²) >= 11 is 1.68. The molecule has 0 saturated heterocycles. The van der Waals surface area contributed by atoms with Gasteiger partial charge in [0.05, 0.1) is 17.2 Å². The van der Waals surface area contributed by atoms with Crippen LogP contribution in [0.3, 0.4) is 0 Å². The molecule has 0 unspecified atom stereocenters. The highest BCUT2D eigenvalue weighted by Gasteiger charge is 2.00. The molecule has 1 aromatic carbocycles. The number of hydrogen-bond acceptors (Lipinski definition) is 4. The molecular formula is C12H15N3S. The van der Waals surface area contributed by atoms with Crippen molar-refractivity contribution in [2.24, 2.45) is 5.73 Å². The molecule has 0 atom stereocenters. The summed E-state index contributed by atoms with van der Waals surface area (Å²) in [4.78, 5) is 4.49. The van der Waals surface area contributed by atoms with Gasteiger partial charge in [-0.3, -0.25) is 0 Å². The highest BCUT2D eigenvalue weighted by atomic mass is 32.1. The number of nitrogens with zero attached hydrogens (tertiary/aromatic N) is 1. The smallest absolute Gasteiger partial charge is 0.0941 e. The maximum Gasteiger partial charge on any atom is 0.0941 e. The van der Waals surface area contributed by atoms with E-state index in [0.717, 1.165) is 29.4 Å². The van der Waals surface area contributed by atoms with Gasteiger partial charge in [-0.15, -0.1) is 11.3 Å². The predicted molar refractivity (Wildman–Crippen MR) is 68.6 cm³/mol. The van der Waals surface area contributed by atoms with Gasteiger partial charge >= 0.3 is 0 Å². The van der Waals surface area contributed by atoms with Crippen molar-refractivity contribution in [1.29, 1.82) is 0 Å². The Morgan fingerprint density at radius 2 is 2.06 bits per heavy atom. The first kappa shape index (κ1) is 11.1. The second kappa shape index (κ2) is 5.63. The van der Waals surface area contributed by atoms with Crippen LogP contribution < -0.4 is 11.1 Å². The number of aromatic nitrogens is 1. The van der Waals surface area contributed by atoms with Crippen LogP contribution in [0.4, 0.5) is 5.69 Å². The molecule has 16 heavy (non-hydrogen) atoms. The Morgan fingerprint density at radius 3 is 2.81 bits per heavy atom. The lowest BCUT2D eigenvalue weighted by molar-refractivity contribution is 0.932. The van der Waals surface area contributed by atoms with Crippen molar-refractivity contribution in [3.8, 4) is 0 Å². The summed E-state index contributed by atoms with van der Waals surface area (Å²) in [6, 6.07) is 10.1. The second-order valence-corrected chi connectivity index (χ2v) is 4.43. The molecule has 1 heterocycles. The molecular weight excluding hydrogens is 218 g/mol. The molecule has 0 saturated carbocycles. The minimum atomic E-state index is 0.666. The first-order valence-corrected chi connectivity index (χ1v) is 6.18. The van der Waals surface area contributed by atoms with Crippen molar-refractivity contribution in [3.05, 3.63) is 46.4 Å². The summed E-state index contributed by atoms with van der Waals surface area (Å²) < 4.78 is 0. The largest absolute Gasteiger partial charge is 0.379 e. The third kappa shape index (κ3) is 3.05. The van der Waals surface area contributed by atoms with E-state index in [0.29, 0.717) is 6.54 Å². The van der Waals surface area contributed by atoms with E-state index in [1.165, 1.54) is 0 Å². The number of para-hydroxylation sites is 1. The van der Waals surface area contributed by atoms with Crippen LogP contribution in [0.2, 0.25) is 0 Å². The summed E-state index contributed by atoms with van der Waals surface area (Å²) in [6.45, 7) is 1.43. The van der Waals surface area contributed by atoms with Crippen molar-refractivity contribution in [2.45, 2.75) is 13.0 Å². The molecule has 0 bridgehead atoms. The van der Waals surface area contributed by atoms with E-state index >= 15 is 0 Å². The SMILES string of the molecule is NCCc1nc(CNc2ccccc2)cs1. The summed E-state index contributed by atoms with van der Waals surface area (Å²) in [5.74, 6) is 0. The molecule has 0 radical (unpaired) electrons. The molecule has 2 rings (SSSR count). The molecule has 0 aliphatic heterocycles. The molecule has 0 aliphatic rings. The molecule has 0 fully saturated rings. The molecule has 0 amide bonds. The second-order valence-electron chi connectivity index (χ2n) is 3.49. The van der Waals surface area contributed by atoms with Gasteiger partial charge in [0.2, 0.25) is 0 Å². The Labute approximate surface area is 99.3 Å². The lowest BCUT2D eigenvalue weighted by Gasteiger charge is -2.02. The monoisotopic (exact) mass is 233 g/mol. The highest BCUT2D eigenvalue weighted by molar-refractivity contribution is 7.09. The van der Waals surface area contributed by atoms with E-state index < -0.39 is 0 Å². The number of rotatable bonds is 5. The zero-order valence-electron chi connectivity index (χ0n) is 9.02. The summed E-state index contributed by atoms with van der Waals surface area (Å²) in [5.41, 5.74) is 7.69. The number of anilines is 1. The van der Waals surface area contributed by atoms with Crippen LogP contribution in [0, 0.1) is 0 Å². The topological polar surface area (TPSA) is 50.9 Å². The van der Waals surface area contributed by atoms with E-state index in [-0.39, 0.29) is 0 Å². The minimum Gasteiger partial charge on any atom is -0.379 e. The molecule has 3 N–H and O–H groups in total. The van der Waals surface area contributed by atoms with Gasteiger partial charge in [-0.05, 0) is 18.7 Å². The van der Waals surface area contributed by atoms with E-state index in [1.54, 1.807) is 11.3 Å². The van der Waals surface area contributed by atoms with Crippen LogP contribution in [0.5, 0.6) is 0 Å². The van der Waals surface area contributed by atoms with Crippen molar-refractivity contribution in [3.63, 3.8) is 0 Å². The maximum absolute atomic E-state index is 5.49. The van der Waals surface area contributed by atoms with Crippen LogP contribution in [0.25, 0.3) is 0 Å². The Balaban J connectivity index is 1.89. The Bertz CT molecular complexity index is 425. The number of benzene rings is 1. The number of thiazole rings is 1. The molecule has 4 heteroatoms. The fraction of sp³-hybridized carbons (Fsp3) is 0.250. The average Bonchev–Trinajstić information content (AvgIpc) is 2.76.